The summed E-state index contributed by atoms with van der Waals surface area (Å²) in [7, 11) is 3.22. The minimum atomic E-state index is -1.05. The van der Waals surface area contributed by atoms with Gasteiger partial charge in [-0.25, -0.2) is 0 Å². The van der Waals surface area contributed by atoms with Crippen LogP contribution in [0.1, 0.15) is 35.7 Å². The number of carbonyl (C=O) groups is 1. The van der Waals surface area contributed by atoms with Crippen molar-refractivity contribution in [2.75, 3.05) is 20.7 Å². The number of ether oxygens (including phenoxy) is 1. The van der Waals surface area contributed by atoms with E-state index >= 15 is 0 Å². The Kier molecular flexibility index (Phi) is 5.31. The molecule has 1 rings (SSSR count). The first-order valence-corrected chi connectivity index (χ1v) is 6.06. The second-order valence-corrected chi connectivity index (χ2v) is 4.55. The number of methoxy groups -OCH3 is 1. The van der Waals surface area contributed by atoms with Crippen molar-refractivity contribution in [3.8, 4) is 5.75 Å². The lowest BCUT2D eigenvalue weighted by Crippen LogP contribution is -2.31. The van der Waals surface area contributed by atoms with Gasteiger partial charge in [-0.15, -0.1) is 0 Å². The maximum Gasteiger partial charge on any atom is 0.196 e. The Morgan fingerprint density at radius 3 is 2.61 bits per heavy atom. The molecule has 1 aromatic carbocycles. The number of carbonyl (C=O) groups excluding carboxylic acids is 1. The Labute approximate surface area is 108 Å². The molecule has 18 heavy (non-hydrogen) atoms. The second kappa shape index (κ2) is 6.52. The zero-order valence-corrected chi connectivity index (χ0v) is 11.4. The summed E-state index contributed by atoms with van der Waals surface area (Å²) in [5, 5.41) is 12.5. The molecule has 0 aromatic heterocycles. The first-order chi connectivity index (χ1) is 8.51. The monoisotopic (exact) mass is 251 g/mol. The van der Waals surface area contributed by atoms with Crippen molar-refractivity contribution >= 4 is 5.78 Å². The molecule has 0 heterocycles. The van der Waals surface area contributed by atoms with Crippen LogP contribution in [0, 0.1) is 0 Å². The number of aliphatic hydroxyl groups excluding tert-OH is 1. The predicted molar refractivity (Wildman–Crippen MR) is 71.3 cm³/mol. The summed E-state index contributed by atoms with van der Waals surface area (Å²) in [4.78, 5) is 12.0. The van der Waals surface area contributed by atoms with Gasteiger partial charge < -0.3 is 15.2 Å². The van der Waals surface area contributed by atoms with Crippen LogP contribution in [-0.2, 0) is 0 Å². The average molecular weight is 251 g/mol. The maximum absolute atomic E-state index is 12.0. The molecule has 4 nitrogen and oxygen atoms in total. The van der Waals surface area contributed by atoms with Gasteiger partial charge in [-0.2, -0.15) is 0 Å². The van der Waals surface area contributed by atoms with Crippen LogP contribution < -0.4 is 10.1 Å². The largest absolute Gasteiger partial charge is 0.496 e. The summed E-state index contributed by atoms with van der Waals surface area (Å²) in [6, 6.07) is 5.46. The van der Waals surface area contributed by atoms with Gasteiger partial charge in [0.2, 0.25) is 0 Å². The predicted octanol–water partition coefficient (Wildman–Crippen LogP) is 1.58. The van der Waals surface area contributed by atoms with Crippen molar-refractivity contribution in [1.82, 2.24) is 5.32 Å². The molecule has 0 amide bonds. The highest BCUT2D eigenvalue weighted by molar-refractivity contribution is 6.01. The van der Waals surface area contributed by atoms with E-state index in [0.29, 0.717) is 17.2 Å². The van der Waals surface area contributed by atoms with Crippen LogP contribution in [-0.4, -0.2) is 37.7 Å². The number of rotatable bonds is 6. The van der Waals surface area contributed by atoms with E-state index in [1.807, 2.05) is 12.1 Å². The van der Waals surface area contributed by atoms with Gasteiger partial charge in [-0.1, -0.05) is 19.9 Å². The quantitative estimate of drug-likeness (QED) is 0.754. The molecule has 1 unspecified atom stereocenters. The molecule has 0 fully saturated rings. The first kappa shape index (κ1) is 14.7. The number of benzene rings is 1. The van der Waals surface area contributed by atoms with Crippen molar-refractivity contribution < 1.29 is 14.6 Å². The molecule has 0 aliphatic rings. The lowest BCUT2D eigenvalue weighted by atomic mass is 9.98. The molecule has 100 valence electrons. The molecule has 0 aliphatic carbocycles. The number of aliphatic hydroxyl groups is 1. The highest BCUT2D eigenvalue weighted by Crippen LogP contribution is 2.25. The van der Waals surface area contributed by atoms with Crippen LogP contribution in [0.25, 0.3) is 0 Å². The van der Waals surface area contributed by atoms with Crippen LogP contribution in [0.15, 0.2) is 18.2 Å². The van der Waals surface area contributed by atoms with Gasteiger partial charge in [0.1, 0.15) is 11.9 Å². The summed E-state index contributed by atoms with van der Waals surface area (Å²) >= 11 is 0. The van der Waals surface area contributed by atoms with Crippen LogP contribution in [0.5, 0.6) is 5.75 Å². The first-order valence-electron chi connectivity index (χ1n) is 6.06. The zero-order valence-electron chi connectivity index (χ0n) is 11.4. The fraction of sp³-hybridized carbons (Fsp3) is 0.500. The number of nitrogens with one attached hydrogen (secondary N) is 1. The van der Waals surface area contributed by atoms with Gasteiger partial charge in [0.05, 0.1) is 12.7 Å². The summed E-state index contributed by atoms with van der Waals surface area (Å²) < 4.78 is 5.23. The van der Waals surface area contributed by atoms with Crippen molar-refractivity contribution in [1.29, 1.82) is 0 Å². The Morgan fingerprint density at radius 1 is 1.44 bits per heavy atom. The Bertz CT molecular complexity index is 416. The van der Waals surface area contributed by atoms with Crippen molar-refractivity contribution in [2.45, 2.75) is 25.9 Å². The van der Waals surface area contributed by atoms with Crippen LogP contribution >= 0.6 is 0 Å². The van der Waals surface area contributed by atoms with E-state index < -0.39 is 6.10 Å². The molecular formula is C14H21NO3. The van der Waals surface area contributed by atoms with E-state index in [-0.39, 0.29) is 12.3 Å². The summed E-state index contributed by atoms with van der Waals surface area (Å²) in [6.45, 7) is 4.38. The number of hydrogen-bond acceptors (Lipinski definition) is 4. The third kappa shape index (κ3) is 3.31. The van der Waals surface area contributed by atoms with Crippen molar-refractivity contribution in [3.63, 3.8) is 0 Å². The highest BCUT2D eigenvalue weighted by Gasteiger charge is 2.20. The van der Waals surface area contributed by atoms with E-state index in [2.05, 4.69) is 19.2 Å². The van der Waals surface area contributed by atoms with Gasteiger partial charge >= 0.3 is 0 Å². The Balaban J connectivity index is 3.05. The lowest BCUT2D eigenvalue weighted by molar-refractivity contribution is 0.0747. The topological polar surface area (TPSA) is 58.6 Å². The number of likely N-dealkylation sites (N-methyl/N-ethyl adjacent to an activating group) is 1. The molecule has 0 saturated carbocycles. The van der Waals surface area contributed by atoms with Crippen LogP contribution in [0.3, 0.4) is 0 Å². The normalized spacial score (nSPS) is 12.6. The minimum absolute atomic E-state index is 0.230. The molecule has 0 spiro atoms. The molecule has 1 atom stereocenters. The Morgan fingerprint density at radius 2 is 2.11 bits per heavy atom. The molecule has 1 aromatic rings. The molecule has 0 radical (unpaired) electrons. The van der Waals surface area contributed by atoms with Crippen LogP contribution in [0.4, 0.5) is 0 Å². The molecule has 4 heteroatoms. The third-order valence-corrected chi connectivity index (χ3v) is 2.86. The average Bonchev–Trinajstić information content (AvgIpc) is 2.37. The minimum Gasteiger partial charge on any atom is -0.496 e. The molecular weight excluding hydrogens is 230 g/mol. The smallest absolute Gasteiger partial charge is 0.196 e. The zero-order chi connectivity index (χ0) is 13.7. The standard InChI is InChI=1S/C14H21NO3/c1-9(2)10-5-6-11(13(7-10)18-4)14(17)12(16)8-15-3/h5-7,9,12,15-16H,8H2,1-4H3. The van der Waals surface area contributed by atoms with Crippen LogP contribution in [0.2, 0.25) is 0 Å². The summed E-state index contributed by atoms with van der Waals surface area (Å²) in [5.74, 6) is 0.558. The van der Waals surface area contributed by atoms with Gasteiger partial charge in [0, 0.05) is 6.54 Å². The number of Topliss-reactive ketones (excluding diaryl/α,β-unsaturated/α-hetero) is 1. The summed E-state index contributed by atoms with van der Waals surface area (Å²) in [6.07, 6.45) is -1.05. The van der Waals surface area contributed by atoms with Gasteiger partial charge in [0.25, 0.3) is 0 Å². The fourth-order valence-electron chi connectivity index (χ4n) is 1.74. The maximum atomic E-state index is 12.0. The van der Waals surface area contributed by atoms with E-state index in [0.717, 1.165) is 5.56 Å². The third-order valence-electron chi connectivity index (χ3n) is 2.86. The van der Waals surface area contributed by atoms with Gasteiger partial charge in [-0.05, 0) is 30.7 Å². The van der Waals surface area contributed by atoms with Crippen molar-refractivity contribution in [2.24, 2.45) is 0 Å². The van der Waals surface area contributed by atoms with Gasteiger partial charge in [0.15, 0.2) is 5.78 Å². The Hall–Kier alpha value is -1.39. The molecule has 0 aliphatic heterocycles. The van der Waals surface area contributed by atoms with E-state index in [1.165, 1.54) is 7.11 Å². The SMILES string of the molecule is CNCC(O)C(=O)c1ccc(C(C)C)cc1OC. The number of hydrogen-bond donors (Lipinski definition) is 2. The van der Waals surface area contributed by atoms with E-state index in [9.17, 15) is 9.90 Å². The highest BCUT2D eigenvalue weighted by atomic mass is 16.5. The van der Waals surface area contributed by atoms with Gasteiger partial charge in [-0.3, -0.25) is 4.79 Å². The number of ketones is 1. The lowest BCUT2D eigenvalue weighted by Gasteiger charge is -2.14. The molecule has 2 N–H and O–H groups in total. The van der Waals surface area contributed by atoms with E-state index in [1.54, 1.807) is 13.1 Å². The summed E-state index contributed by atoms with van der Waals surface area (Å²) in [5.41, 5.74) is 1.52. The fourth-order valence-corrected chi connectivity index (χ4v) is 1.74. The second-order valence-electron chi connectivity index (χ2n) is 4.55. The molecule has 0 saturated heterocycles. The molecule has 0 bridgehead atoms. The van der Waals surface area contributed by atoms with Crippen molar-refractivity contribution in [3.05, 3.63) is 29.3 Å². The van der Waals surface area contributed by atoms with E-state index in [4.69, 9.17) is 4.74 Å².